The topological polar surface area (TPSA) is 116 Å². The van der Waals surface area contributed by atoms with Crippen LogP contribution in [0.3, 0.4) is 0 Å². The summed E-state index contributed by atoms with van der Waals surface area (Å²) in [5.74, 6) is -0.658. The highest BCUT2D eigenvalue weighted by Gasteiger charge is 2.38. The molecule has 4 atom stereocenters. The second kappa shape index (κ2) is 9.47. The number of nitrogens with zero attached hydrogens (tertiary/aromatic N) is 4. The molecule has 3 heterocycles. The van der Waals surface area contributed by atoms with Gasteiger partial charge in [-0.25, -0.2) is 0 Å². The summed E-state index contributed by atoms with van der Waals surface area (Å²) in [4.78, 5) is 28.2. The van der Waals surface area contributed by atoms with Crippen molar-refractivity contribution in [1.29, 1.82) is 0 Å². The summed E-state index contributed by atoms with van der Waals surface area (Å²) in [6.07, 6.45) is 1.24. The van der Waals surface area contributed by atoms with Gasteiger partial charge in [-0.05, 0) is 33.6 Å². The molecule has 3 rings (SSSR count). The number of morpholine rings is 1. The third-order valence-corrected chi connectivity index (χ3v) is 8.32. The lowest BCUT2D eigenvalue weighted by Gasteiger charge is -2.42. The zero-order chi connectivity index (χ0) is 22.1. The molecule has 3 fully saturated rings. The fraction of sp³-hybridized carbons (Fsp3) is 0.895. The minimum absolute atomic E-state index is 0.0203. The molecular weight excluding hydrogens is 410 g/mol. The molecule has 0 aromatic carbocycles. The van der Waals surface area contributed by atoms with Crippen LogP contribution in [0.4, 0.5) is 0 Å². The number of nitrogens with two attached hydrogens (primary N) is 1. The molecule has 3 aliphatic heterocycles. The predicted octanol–water partition coefficient (Wildman–Crippen LogP) is -0.930. The molecule has 0 saturated carbocycles. The van der Waals surface area contributed by atoms with Crippen LogP contribution < -0.4 is 5.73 Å². The molecule has 4 unspecified atom stereocenters. The lowest BCUT2D eigenvalue weighted by Crippen LogP contribution is -2.60. The summed E-state index contributed by atoms with van der Waals surface area (Å²) in [5, 5.41) is 0. The number of primary amides is 1. The van der Waals surface area contributed by atoms with Crippen molar-refractivity contribution in [3.8, 4) is 0 Å². The van der Waals surface area contributed by atoms with Gasteiger partial charge in [0.1, 0.15) is 0 Å². The highest BCUT2D eigenvalue weighted by atomic mass is 32.2. The van der Waals surface area contributed by atoms with E-state index in [4.69, 9.17) is 10.5 Å². The molecule has 0 radical (unpaired) electrons. The quantitative estimate of drug-likeness (QED) is 0.584. The van der Waals surface area contributed by atoms with E-state index in [-0.39, 0.29) is 36.0 Å². The van der Waals surface area contributed by atoms with E-state index in [1.165, 1.54) is 8.61 Å². The monoisotopic (exact) mass is 445 g/mol. The molecule has 172 valence electrons. The third-order valence-electron chi connectivity index (χ3n) is 6.35. The van der Waals surface area contributed by atoms with Gasteiger partial charge < -0.3 is 15.4 Å². The first-order valence-corrected chi connectivity index (χ1v) is 12.2. The fourth-order valence-electron chi connectivity index (χ4n) is 4.63. The molecule has 3 aliphatic rings. The van der Waals surface area contributed by atoms with Crippen LogP contribution >= 0.6 is 0 Å². The Balaban J connectivity index is 1.55. The first-order chi connectivity index (χ1) is 14.1. The summed E-state index contributed by atoms with van der Waals surface area (Å²) in [6.45, 7) is 9.03. The first-order valence-electron chi connectivity index (χ1n) is 10.8. The number of piperazine rings is 1. The number of amides is 2. The molecule has 0 spiro atoms. The van der Waals surface area contributed by atoms with Crippen molar-refractivity contribution in [3.63, 3.8) is 0 Å². The number of carbonyl (C=O) groups excluding carboxylic acids is 2. The molecule has 2 amide bonds. The molecule has 0 bridgehead atoms. The number of hydrogen-bond donors (Lipinski definition) is 1. The average molecular weight is 446 g/mol. The summed E-state index contributed by atoms with van der Waals surface area (Å²) in [6, 6.07) is -0.357. The Morgan fingerprint density at radius 3 is 2.13 bits per heavy atom. The number of likely N-dealkylation sites (tertiary alicyclic amines) is 1. The first kappa shape index (κ1) is 23.4. The summed E-state index contributed by atoms with van der Waals surface area (Å²) < 4.78 is 34.8. The van der Waals surface area contributed by atoms with Gasteiger partial charge in [-0.2, -0.15) is 17.0 Å². The summed E-state index contributed by atoms with van der Waals surface area (Å²) in [5.41, 5.74) is 5.42. The van der Waals surface area contributed by atoms with E-state index in [2.05, 4.69) is 0 Å². The van der Waals surface area contributed by atoms with Crippen LogP contribution in [0.15, 0.2) is 0 Å². The van der Waals surface area contributed by atoms with E-state index >= 15 is 0 Å². The number of carbonyl (C=O) groups is 2. The van der Waals surface area contributed by atoms with Gasteiger partial charge in [-0.3, -0.25) is 14.5 Å². The van der Waals surface area contributed by atoms with Crippen LogP contribution in [0.1, 0.15) is 33.6 Å². The van der Waals surface area contributed by atoms with Gasteiger partial charge in [0.15, 0.2) is 0 Å². The standard InChI is InChI=1S/C19H35N5O5S/c1-14-11-24(12-15(2)29-14)30(27,28)23-9-7-21(8-10-23)16(3)19(26)22-6-4-5-17(13-22)18(20)25/h14-17H,4-13H2,1-3H3,(H2,20,25). The van der Waals surface area contributed by atoms with Crippen LogP contribution in [0, 0.1) is 5.92 Å². The minimum Gasteiger partial charge on any atom is -0.373 e. The normalized spacial score (nSPS) is 31.4. The number of hydrogen-bond acceptors (Lipinski definition) is 6. The molecule has 11 heteroatoms. The van der Waals surface area contributed by atoms with Gasteiger partial charge in [0.2, 0.25) is 11.8 Å². The zero-order valence-corrected chi connectivity index (χ0v) is 19.0. The van der Waals surface area contributed by atoms with E-state index in [9.17, 15) is 18.0 Å². The lowest BCUT2D eigenvalue weighted by atomic mass is 9.97. The van der Waals surface area contributed by atoms with Crippen LogP contribution in [-0.4, -0.2) is 109 Å². The van der Waals surface area contributed by atoms with Crippen LogP contribution in [0.25, 0.3) is 0 Å². The van der Waals surface area contributed by atoms with Gasteiger partial charge in [-0.15, -0.1) is 0 Å². The highest BCUT2D eigenvalue weighted by molar-refractivity contribution is 7.86. The maximum absolute atomic E-state index is 13.0. The summed E-state index contributed by atoms with van der Waals surface area (Å²) in [7, 11) is -3.54. The van der Waals surface area contributed by atoms with Crippen molar-refractivity contribution in [2.45, 2.75) is 51.9 Å². The molecule has 0 aromatic heterocycles. The van der Waals surface area contributed by atoms with Gasteiger partial charge in [-0.1, -0.05) is 0 Å². The molecule has 0 aliphatic carbocycles. The van der Waals surface area contributed by atoms with Crippen molar-refractivity contribution in [3.05, 3.63) is 0 Å². The van der Waals surface area contributed by atoms with E-state index < -0.39 is 10.2 Å². The molecule has 10 nitrogen and oxygen atoms in total. The van der Waals surface area contributed by atoms with E-state index in [1.807, 2.05) is 25.7 Å². The average Bonchev–Trinajstić information content (AvgIpc) is 2.72. The smallest absolute Gasteiger partial charge is 0.282 e. The van der Waals surface area contributed by atoms with Crippen LogP contribution in [-0.2, 0) is 24.5 Å². The number of ether oxygens (including phenoxy) is 1. The van der Waals surface area contributed by atoms with Gasteiger partial charge in [0.05, 0.1) is 24.2 Å². The van der Waals surface area contributed by atoms with Gasteiger partial charge in [0, 0.05) is 52.4 Å². The largest absolute Gasteiger partial charge is 0.373 e. The van der Waals surface area contributed by atoms with Crippen LogP contribution in [0.2, 0.25) is 0 Å². The Morgan fingerprint density at radius 2 is 1.57 bits per heavy atom. The number of rotatable bonds is 5. The Labute approximate surface area is 179 Å². The number of piperidine rings is 1. The van der Waals surface area contributed by atoms with Gasteiger partial charge in [0.25, 0.3) is 10.2 Å². The Bertz CT molecular complexity index is 730. The van der Waals surface area contributed by atoms with Crippen molar-refractivity contribution in [1.82, 2.24) is 18.4 Å². The maximum Gasteiger partial charge on any atom is 0.282 e. The van der Waals surface area contributed by atoms with Crippen molar-refractivity contribution < 1.29 is 22.7 Å². The molecule has 3 saturated heterocycles. The molecule has 30 heavy (non-hydrogen) atoms. The maximum atomic E-state index is 13.0. The minimum atomic E-state index is -3.54. The molecule has 0 aromatic rings. The zero-order valence-electron chi connectivity index (χ0n) is 18.2. The molecule has 2 N–H and O–H groups in total. The summed E-state index contributed by atoms with van der Waals surface area (Å²) >= 11 is 0. The van der Waals surface area contributed by atoms with Crippen molar-refractivity contribution >= 4 is 22.0 Å². The van der Waals surface area contributed by atoms with Crippen molar-refractivity contribution in [2.75, 3.05) is 52.4 Å². The lowest BCUT2D eigenvalue weighted by molar-refractivity contribution is -0.140. The Hall–Kier alpha value is -1.27. The van der Waals surface area contributed by atoms with E-state index in [0.717, 1.165) is 12.8 Å². The second-order valence-electron chi connectivity index (χ2n) is 8.72. The van der Waals surface area contributed by atoms with Crippen molar-refractivity contribution in [2.24, 2.45) is 11.7 Å². The fourth-order valence-corrected chi connectivity index (χ4v) is 6.38. The highest BCUT2D eigenvalue weighted by Crippen LogP contribution is 2.21. The van der Waals surface area contributed by atoms with E-state index in [0.29, 0.717) is 52.4 Å². The second-order valence-corrected chi connectivity index (χ2v) is 10.6. The Kier molecular flexibility index (Phi) is 7.39. The SMILES string of the molecule is CC1CN(S(=O)(=O)N2CCN(C(C)C(=O)N3CCCC(C(N)=O)C3)CC2)CC(C)O1. The predicted molar refractivity (Wildman–Crippen MR) is 112 cm³/mol. The molecular formula is C19H35N5O5S. The van der Waals surface area contributed by atoms with Crippen LogP contribution in [0.5, 0.6) is 0 Å². The van der Waals surface area contributed by atoms with E-state index in [1.54, 1.807) is 4.90 Å². The Morgan fingerprint density at radius 1 is 0.967 bits per heavy atom. The van der Waals surface area contributed by atoms with Gasteiger partial charge >= 0.3 is 0 Å². The third kappa shape index (κ3) is 5.13.